The molecule has 0 saturated carbocycles. The third-order valence-electron chi connectivity index (χ3n) is 2.78. The van der Waals surface area contributed by atoms with E-state index in [1.54, 1.807) is 13.8 Å². The van der Waals surface area contributed by atoms with Gasteiger partial charge in [0.05, 0.1) is 10.4 Å². The second-order valence-electron chi connectivity index (χ2n) is 4.83. The maximum atomic E-state index is 12.1. The summed E-state index contributed by atoms with van der Waals surface area (Å²) in [5.74, 6) is -0.238. The molecule has 0 spiro atoms. The molecule has 0 saturated heterocycles. The van der Waals surface area contributed by atoms with Gasteiger partial charge >= 0.3 is 0 Å². The van der Waals surface area contributed by atoms with Crippen LogP contribution in [0.15, 0.2) is 24.3 Å². The number of hydrogen-bond donors (Lipinski definition) is 0. The Morgan fingerprint density at radius 1 is 1.39 bits per heavy atom. The summed E-state index contributed by atoms with van der Waals surface area (Å²) in [6.45, 7) is 7.33. The van der Waals surface area contributed by atoms with Gasteiger partial charge in [-0.3, -0.25) is 4.79 Å². The van der Waals surface area contributed by atoms with Gasteiger partial charge in [-0.25, -0.2) is 4.90 Å². The number of nitrogens with zero attached hydrogens (tertiary/aromatic N) is 2. The van der Waals surface area contributed by atoms with Crippen molar-refractivity contribution in [2.45, 2.75) is 38.1 Å². The largest absolute Gasteiger partial charge is 0.272 e. The van der Waals surface area contributed by atoms with Gasteiger partial charge in [-0.05, 0) is 33.3 Å². The van der Waals surface area contributed by atoms with Gasteiger partial charge in [0.2, 0.25) is 0 Å². The minimum Gasteiger partial charge on any atom is -0.272 e. The number of alkyl halides is 1. The minimum absolute atomic E-state index is 0.238. The van der Waals surface area contributed by atoms with E-state index in [1.165, 1.54) is 4.90 Å². The first kappa shape index (κ1) is 14.7. The number of aryl methyl sites for hydroxylation is 1. The van der Waals surface area contributed by atoms with E-state index in [0.717, 1.165) is 11.1 Å². The summed E-state index contributed by atoms with van der Waals surface area (Å²) in [5.41, 5.74) is 2.11. The van der Waals surface area contributed by atoms with E-state index in [9.17, 15) is 10.1 Å². The molecule has 0 fully saturated rings. The predicted octanol–water partition coefficient (Wildman–Crippen LogP) is 3.54. The van der Waals surface area contributed by atoms with E-state index in [1.807, 2.05) is 44.3 Å². The van der Waals surface area contributed by atoms with Crippen molar-refractivity contribution in [3.8, 4) is 6.19 Å². The molecule has 0 heterocycles. The van der Waals surface area contributed by atoms with E-state index in [0.29, 0.717) is 0 Å². The van der Waals surface area contributed by atoms with Crippen LogP contribution in [0.3, 0.4) is 0 Å². The van der Waals surface area contributed by atoms with Crippen molar-refractivity contribution in [1.29, 1.82) is 5.26 Å². The lowest BCUT2D eigenvalue weighted by Gasteiger charge is -2.27. The SMILES string of the molecule is Cc1ccc(C(C)N(C#N)C(=O)C(C)(C)Br)cc1. The number of carbonyl (C=O) groups excluding carboxylic acids is 1. The molecule has 0 radical (unpaired) electrons. The zero-order chi connectivity index (χ0) is 13.9. The molecule has 0 aliphatic rings. The van der Waals surface area contributed by atoms with Crippen LogP contribution in [-0.4, -0.2) is 15.1 Å². The number of carbonyl (C=O) groups is 1. The van der Waals surface area contributed by atoms with Gasteiger partial charge in [-0.15, -0.1) is 0 Å². The second kappa shape index (κ2) is 5.53. The molecule has 1 aromatic rings. The number of hydrogen-bond acceptors (Lipinski definition) is 2. The highest BCUT2D eigenvalue weighted by Gasteiger charge is 2.32. The summed E-state index contributed by atoms with van der Waals surface area (Å²) < 4.78 is -0.734. The molecule has 0 aliphatic heterocycles. The molecule has 0 bridgehead atoms. The van der Waals surface area contributed by atoms with E-state index in [2.05, 4.69) is 15.9 Å². The van der Waals surface area contributed by atoms with E-state index < -0.39 is 4.32 Å². The lowest BCUT2D eigenvalue weighted by Crippen LogP contribution is -2.40. The van der Waals surface area contributed by atoms with Crippen molar-refractivity contribution in [2.75, 3.05) is 0 Å². The quantitative estimate of drug-likeness (QED) is 0.487. The Kier molecular flexibility index (Phi) is 4.53. The van der Waals surface area contributed by atoms with Gasteiger partial charge in [-0.1, -0.05) is 45.8 Å². The molecular weight excluding hydrogens is 292 g/mol. The Bertz CT molecular complexity index is 468. The smallest absolute Gasteiger partial charge is 0.252 e. The second-order valence-corrected chi connectivity index (χ2v) is 6.82. The van der Waals surface area contributed by atoms with Gasteiger partial charge in [0.25, 0.3) is 5.91 Å². The average molecular weight is 309 g/mol. The number of halogens is 1. The molecule has 1 atom stereocenters. The van der Waals surface area contributed by atoms with Gasteiger partial charge in [-0.2, -0.15) is 5.26 Å². The topological polar surface area (TPSA) is 44.1 Å². The third-order valence-corrected chi connectivity index (χ3v) is 3.12. The van der Waals surface area contributed by atoms with Crippen molar-refractivity contribution in [1.82, 2.24) is 4.90 Å². The van der Waals surface area contributed by atoms with Crippen LogP contribution in [0.25, 0.3) is 0 Å². The fraction of sp³-hybridized carbons (Fsp3) is 0.429. The Morgan fingerprint density at radius 3 is 2.28 bits per heavy atom. The van der Waals surface area contributed by atoms with Crippen molar-refractivity contribution < 1.29 is 4.79 Å². The molecule has 3 nitrogen and oxygen atoms in total. The van der Waals surface area contributed by atoms with Crippen molar-refractivity contribution in [2.24, 2.45) is 0 Å². The fourth-order valence-corrected chi connectivity index (χ4v) is 1.78. The van der Waals surface area contributed by atoms with Gasteiger partial charge in [0, 0.05) is 0 Å². The Labute approximate surface area is 117 Å². The molecule has 4 heteroatoms. The first-order valence-electron chi connectivity index (χ1n) is 5.76. The summed E-state index contributed by atoms with van der Waals surface area (Å²) in [4.78, 5) is 13.3. The van der Waals surface area contributed by atoms with Gasteiger partial charge in [0.15, 0.2) is 6.19 Å². The van der Waals surface area contributed by atoms with Crippen LogP contribution in [0.1, 0.15) is 37.9 Å². The first-order valence-corrected chi connectivity index (χ1v) is 6.55. The molecule has 1 amide bonds. The molecule has 1 rings (SSSR count). The monoisotopic (exact) mass is 308 g/mol. The summed E-state index contributed by atoms with van der Waals surface area (Å²) >= 11 is 3.30. The molecule has 1 unspecified atom stereocenters. The lowest BCUT2D eigenvalue weighted by atomic mass is 10.0. The van der Waals surface area contributed by atoms with Crippen molar-refractivity contribution >= 4 is 21.8 Å². The van der Waals surface area contributed by atoms with Crippen LogP contribution in [-0.2, 0) is 4.79 Å². The first-order chi connectivity index (χ1) is 8.27. The van der Waals surface area contributed by atoms with Crippen molar-refractivity contribution in [3.63, 3.8) is 0 Å². The molecule has 0 aromatic heterocycles. The molecule has 1 aromatic carbocycles. The lowest BCUT2D eigenvalue weighted by molar-refractivity contribution is -0.131. The van der Waals surface area contributed by atoms with Crippen molar-refractivity contribution in [3.05, 3.63) is 35.4 Å². The predicted molar refractivity (Wildman–Crippen MR) is 75.1 cm³/mol. The minimum atomic E-state index is -0.734. The highest BCUT2D eigenvalue weighted by molar-refractivity contribution is 9.10. The molecule has 0 aliphatic carbocycles. The van der Waals surface area contributed by atoms with Crippen LogP contribution in [0.4, 0.5) is 0 Å². The van der Waals surface area contributed by atoms with Crippen LogP contribution >= 0.6 is 15.9 Å². The third kappa shape index (κ3) is 3.33. The van der Waals surface area contributed by atoms with Crippen LogP contribution in [0.2, 0.25) is 0 Å². The van der Waals surface area contributed by atoms with Crippen LogP contribution in [0, 0.1) is 18.4 Å². The number of benzene rings is 1. The standard InChI is InChI=1S/C14H17BrN2O/c1-10-5-7-12(8-6-10)11(2)17(9-16)13(18)14(3,4)15/h5-8,11H,1-4H3. The Hall–Kier alpha value is -1.34. The number of amides is 1. The van der Waals surface area contributed by atoms with Crippen LogP contribution < -0.4 is 0 Å². The number of nitriles is 1. The average Bonchev–Trinajstić information content (AvgIpc) is 2.29. The highest BCUT2D eigenvalue weighted by Crippen LogP contribution is 2.26. The fourth-order valence-electron chi connectivity index (χ4n) is 1.59. The summed E-state index contributed by atoms with van der Waals surface area (Å²) in [7, 11) is 0. The zero-order valence-corrected chi connectivity index (χ0v) is 12.7. The Morgan fingerprint density at radius 2 is 1.89 bits per heavy atom. The zero-order valence-electron chi connectivity index (χ0n) is 11.1. The van der Waals surface area contributed by atoms with E-state index >= 15 is 0 Å². The molecule has 96 valence electrons. The number of rotatable bonds is 3. The summed E-state index contributed by atoms with van der Waals surface area (Å²) in [6.07, 6.45) is 1.98. The highest BCUT2D eigenvalue weighted by atomic mass is 79.9. The maximum absolute atomic E-state index is 12.1. The normalized spacial score (nSPS) is 12.7. The maximum Gasteiger partial charge on any atom is 0.252 e. The summed E-state index contributed by atoms with van der Waals surface area (Å²) in [5, 5.41) is 9.18. The molecule has 18 heavy (non-hydrogen) atoms. The van der Waals surface area contributed by atoms with Gasteiger partial charge in [0.1, 0.15) is 0 Å². The van der Waals surface area contributed by atoms with E-state index in [-0.39, 0.29) is 11.9 Å². The molecular formula is C14H17BrN2O. The Balaban J connectivity index is 3.00. The van der Waals surface area contributed by atoms with E-state index in [4.69, 9.17) is 0 Å². The molecule has 0 N–H and O–H groups in total. The van der Waals surface area contributed by atoms with Gasteiger partial charge < -0.3 is 0 Å². The van der Waals surface area contributed by atoms with Crippen LogP contribution in [0.5, 0.6) is 0 Å². The summed E-state index contributed by atoms with van der Waals surface area (Å²) in [6, 6.07) is 7.58.